The van der Waals surface area contributed by atoms with Gasteiger partial charge in [0.1, 0.15) is 0 Å². The number of nitrogens with one attached hydrogen (secondary N) is 1. The summed E-state index contributed by atoms with van der Waals surface area (Å²) in [6, 6.07) is 1.23. The Labute approximate surface area is 117 Å². The van der Waals surface area contributed by atoms with Crippen LogP contribution in [0.3, 0.4) is 0 Å². The van der Waals surface area contributed by atoms with Crippen LogP contribution in [-0.4, -0.2) is 36.0 Å². The molecule has 3 nitrogen and oxygen atoms in total. The molecule has 1 N–H and O–H groups in total. The highest BCUT2D eigenvalue weighted by Gasteiger charge is 2.36. The molecule has 3 aliphatic rings. The first-order chi connectivity index (χ1) is 9.25. The van der Waals surface area contributed by atoms with E-state index in [0.29, 0.717) is 18.0 Å². The number of hydrogen-bond donors (Lipinski definition) is 1. The van der Waals surface area contributed by atoms with Crippen LogP contribution in [-0.2, 0) is 4.79 Å². The van der Waals surface area contributed by atoms with E-state index >= 15 is 0 Å². The second-order valence-corrected chi connectivity index (χ2v) is 6.84. The van der Waals surface area contributed by atoms with E-state index in [1.54, 1.807) is 0 Å². The lowest BCUT2D eigenvalue weighted by Gasteiger charge is -2.41. The molecule has 19 heavy (non-hydrogen) atoms. The maximum Gasteiger partial charge on any atom is 0.239 e. The van der Waals surface area contributed by atoms with Crippen molar-refractivity contribution >= 4 is 5.91 Å². The summed E-state index contributed by atoms with van der Waals surface area (Å²) in [6.45, 7) is 0. The highest BCUT2D eigenvalue weighted by Crippen LogP contribution is 2.33. The van der Waals surface area contributed by atoms with Gasteiger partial charge in [-0.05, 0) is 44.4 Å². The molecule has 2 aliphatic carbocycles. The van der Waals surface area contributed by atoms with E-state index in [2.05, 4.69) is 5.32 Å². The average Bonchev–Trinajstić information content (AvgIpc) is 2.99. The molecular weight excluding hydrogens is 236 g/mol. The lowest BCUT2D eigenvalue weighted by Crippen LogP contribution is -2.56. The van der Waals surface area contributed by atoms with Crippen molar-refractivity contribution in [2.45, 2.75) is 82.3 Å². The summed E-state index contributed by atoms with van der Waals surface area (Å²) in [5.74, 6) is 1.20. The molecule has 0 bridgehead atoms. The van der Waals surface area contributed by atoms with Crippen molar-refractivity contribution in [2.24, 2.45) is 5.92 Å². The molecule has 0 aromatic heterocycles. The van der Waals surface area contributed by atoms with Gasteiger partial charge in [-0.2, -0.15) is 0 Å². The van der Waals surface area contributed by atoms with Crippen LogP contribution in [0, 0.1) is 5.92 Å². The van der Waals surface area contributed by atoms with E-state index in [1.165, 1.54) is 57.8 Å². The molecule has 3 unspecified atom stereocenters. The first kappa shape index (κ1) is 13.4. The van der Waals surface area contributed by atoms with E-state index in [-0.39, 0.29) is 6.04 Å². The summed E-state index contributed by atoms with van der Waals surface area (Å²) in [5, 5.41) is 3.67. The molecule has 1 aliphatic heterocycles. The number of piperidine rings is 1. The summed E-state index contributed by atoms with van der Waals surface area (Å²) >= 11 is 0. The number of nitrogens with zero attached hydrogens (tertiary/aromatic N) is 1. The molecule has 3 atom stereocenters. The molecule has 1 amide bonds. The number of carbonyl (C=O) groups excluding carboxylic acids is 1. The largest absolute Gasteiger partial charge is 0.341 e. The van der Waals surface area contributed by atoms with Crippen LogP contribution in [0.5, 0.6) is 0 Å². The Kier molecular flexibility index (Phi) is 4.11. The summed E-state index contributed by atoms with van der Waals surface area (Å²) in [4.78, 5) is 14.7. The number of amides is 1. The molecular formula is C16H28N2O. The van der Waals surface area contributed by atoms with Crippen LogP contribution in [0.2, 0.25) is 0 Å². The predicted molar refractivity (Wildman–Crippen MR) is 76.9 cm³/mol. The summed E-state index contributed by atoms with van der Waals surface area (Å²) < 4.78 is 0. The van der Waals surface area contributed by atoms with Crippen molar-refractivity contribution in [3.63, 3.8) is 0 Å². The minimum atomic E-state index is 0.102. The zero-order valence-corrected chi connectivity index (χ0v) is 12.2. The van der Waals surface area contributed by atoms with Crippen molar-refractivity contribution in [3.05, 3.63) is 0 Å². The van der Waals surface area contributed by atoms with Gasteiger partial charge >= 0.3 is 0 Å². The molecule has 1 saturated heterocycles. The number of fused-ring (bicyclic) bond motifs is 1. The van der Waals surface area contributed by atoms with Gasteiger partial charge in [-0.3, -0.25) is 4.79 Å². The minimum Gasteiger partial charge on any atom is -0.341 e. The minimum absolute atomic E-state index is 0.102. The zero-order valence-electron chi connectivity index (χ0n) is 12.2. The van der Waals surface area contributed by atoms with Crippen molar-refractivity contribution < 1.29 is 4.79 Å². The van der Waals surface area contributed by atoms with Gasteiger partial charge in [0.15, 0.2) is 0 Å². The second kappa shape index (κ2) is 5.82. The predicted octanol–water partition coefficient (Wildman–Crippen LogP) is 2.70. The average molecular weight is 264 g/mol. The molecule has 0 radical (unpaired) electrons. The van der Waals surface area contributed by atoms with Gasteiger partial charge in [0.2, 0.25) is 5.91 Å². The van der Waals surface area contributed by atoms with Crippen molar-refractivity contribution in [2.75, 3.05) is 7.05 Å². The SMILES string of the molecule is CN(C(=O)C1CCC2CCCCC2N1)C1CCCC1. The second-order valence-electron chi connectivity index (χ2n) is 6.84. The maximum atomic E-state index is 12.6. The van der Waals surface area contributed by atoms with Gasteiger partial charge in [-0.1, -0.05) is 25.7 Å². The van der Waals surface area contributed by atoms with E-state index in [0.717, 1.165) is 12.3 Å². The zero-order chi connectivity index (χ0) is 13.2. The third-order valence-electron chi connectivity index (χ3n) is 5.67. The Morgan fingerprint density at radius 1 is 0.947 bits per heavy atom. The standard InChI is InChI=1S/C16H28N2O/c1-18(13-7-3-4-8-13)16(19)15-11-10-12-6-2-5-9-14(12)17-15/h12-15,17H,2-11H2,1H3. The third kappa shape index (κ3) is 2.81. The smallest absolute Gasteiger partial charge is 0.239 e. The third-order valence-corrected chi connectivity index (χ3v) is 5.67. The fourth-order valence-electron chi connectivity index (χ4n) is 4.41. The number of carbonyl (C=O) groups is 1. The van der Waals surface area contributed by atoms with Gasteiger partial charge in [0.05, 0.1) is 6.04 Å². The lowest BCUT2D eigenvalue weighted by molar-refractivity contribution is -0.135. The van der Waals surface area contributed by atoms with Crippen LogP contribution in [0.4, 0.5) is 0 Å². The van der Waals surface area contributed by atoms with Crippen molar-refractivity contribution in [1.29, 1.82) is 0 Å². The normalized spacial score (nSPS) is 35.9. The number of rotatable bonds is 2. The van der Waals surface area contributed by atoms with Gasteiger partial charge < -0.3 is 10.2 Å². The highest BCUT2D eigenvalue weighted by atomic mass is 16.2. The fourth-order valence-corrected chi connectivity index (χ4v) is 4.41. The van der Waals surface area contributed by atoms with E-state index < -0.39 is 0 Å². The Morgan fingerprint density at radius 2 is 1.63 bits per heavy atom. The Hall–Kier alpha value is -0.570. The molecule has 108 valence electrons. The van der Waals surface area contributed by atoms with E-state index in [9.17, 15) is 4.79 Å². The first-order valence-electron chi connectivity index (χ1n) is 8.28. The van der Waals surface area contributed by atoms with Crippen LogP contribution >= 0.6 is 0 Å². The fraction of sp³-hybridized carbons (Fsp3) is 0.938. The monoisotopic (exact) mass is 264 g/mol. The van der Waals surface area contributed by atoms with Gasteiger partial charge in [-0.25, -0.2) is 0 Å². The van der Waals surface area contributed by atoms with Gasteiger partial charge in [-0.15, -0.1) is 0 Å². The topological polar surface area (TPSA) is 32.3 Å². The molecule has 3 rings (SSSR count). The van der Waals surface area contributed by atoms with Crippen LogP contribution in [0.1, 0.15) is 64.2 Å². The molecule has 0 aromatic carbocycles. The Balaban J connectivity index is 1.57. The molecule has 3 fully saturated rings. The van der Waals surface area contributed by atoms with Crippen molar-refractivity contribution in [1.82, 2.24) is 10.2 Å². The number of likely N-dealkylation sites (N-methyl/N-ethyl adjacent to an activating group) is 1. The summed E-state index contributed by atoms with van der Waals surface area (Å²) in [7, 11) is 2.02. The quantitative estimate of drug-likeness (QED) is 0.831. The molecule has 1 heterocycles. The van der Waals surface area contributed by atoms with Crippen LogP contribution in [0.25, 0.3) is 0 Å². The van der Waals surface area contributed by atoms with Gasteiger partial charge in [0.25, 0.3) is 0 Å². The highest BCUT2D eigenvalue weighted by molar-refractivity contribution is 5.82. The summed E-state index contributed by atoms with van der Waals surface area (Å²) in [5.41, 5.74) is 0. The summed E-state index contributed by atoms with van der Waals surface area (Å²) in [6.07, 6.45) is 12.7. The van der Waals surface area contributed by atoms with Crippen LogP contribution in [0.15, 0.2) is 0 Å². The Morgan fingerprint density at radius 3 is 2.42 bits per heavy atom. The lowest BCUT2D eigenvalue weighted by atomic mass is 9.77. The molecule has 0 spiro atoms. The van der Waals surface area contributed by atoms with E-state index in [4.69, 9.17) is 0 Å². The molecule has 3 heteroatoms. The van der Waals surface area contributed by atoms with Gasteiger partial charge in [0, 0.05) is 19.1 Å². The Bertz CT molecular complexity index is 325. The van der Waals surface area contributed by atoms with E-state index in [1.807, 2.05) is 11.9 Å². The maximum absolute atomic E-state index is 12.6. The molecule has 2 saturated carbocycles. The van der Waals surface area contributed by atoms with Crippen molar-refractivity contribution in [3.8, 4) is 0 Å². The molecule has 0 aromatic rings. The van der Waals surface area contributed by atoms with Crippen LogP contribution < -0.4 is 5.32 Å². The number of hydrogen-bond acceptors (Lipinski definition) is 2. The first-order valence-corrected chi connectivity index (χ1v) is 8.28.